The van der Waals surface area contributed by atoms with E-state index in [0.717, 1.165) is 43.6 Å². The van der Waals surface area contributed by atoms with E-state index in [1.807, 2.05) is 6.07 Å². The molecule has 0 aliphatic carbocycles. The maximum atomic E-state index is 5.47. The van der Waals surface area contributed by atoms with Gasteiger partial charge in [-0.15, -0.1) is 0 Å². The molecule has 1 fully saturated rings. The molecule has 1 unspecified atom stereocenters. The maximum Gasteiger partial charge on any atom is 0.231 e. The molecule has 21 heavy (non-hydrogen) atoms. The van der Waals surface area contributed by atoms with Gasteiger partial charge in [-0.2, -0.15) is 0 Å². The number of rotatable bonds is 4. The van der Waals surface area contributed by atoms with E-state index in [-0.39, 0.29) is 0 Å². The van der Waals surface area contributed by atoms with Crippen molar-refractivity contribution in [2.24, 2.45) is 5.92 Å². The zero-order valence-corrected chi connectivity index (χ0v) is 13.1. The Bertz CT molecular complexity index is 476. The summed E-state index contributed by atoms with van der Waals surface area (Å²) in [6, 6.07) is 6.92. The van der Waals surface area contributed by atoms with E-state index in [1.54, 1.807) is 0 Å². The molecule has 0 aromatic heterocycles. The van der Waals surface area contributed by atoms with E-state index >= 15 is 0 Å². The molecule has 4 nitrogen and oxygen atoms in total. The fraction of sp³-hybridized carbons (Fsp3) is 0.647. The predicted octanol–water partition coefficient (Wildman–Crippen LogP) is 2.63. The number of hydrogen-bond acceptors (Lipinski definition) is 4. The number of ether oxygens (including phenoxy) is 2. The number of nitrogens with one attached hydrogen (secondary N) is 1. The molecule has 1 N–H and O–H groups in total. The van der Waals surface area contributed by atoms with Crippen LogP contribution < -0.4 is 14.8 Å². The van der Waals surface area contributed by atoms with Crippen molar-refractivity contribution in [3.05, 3.63) is 23.8 Å². The quantitative estimate of drug-likeness (QED) is 0.924. The third kappa shape index (κ3) is 3.89. The summed E-state index contributed by atoms with van der Waals surface area (Å²) >= 11 is 0. The van der Waals surface area contributed by atoms with Crippen molar-refractivity contribution >= 4 is 0 Å². The first-order valence-electron chi connectivity index (χ1n) is 8.05. The van der Waals surface area contributed by atoms with Crippen LogP contribution >= 0.6 is 0 Å². The molecule has 4 heteroatoms. The summed E-state index contributed by atoms with van der Waals surface area (Å²) in [5, 5.41) is 3.68. The number of benzene rings is 1. The van der Waals surface area contributed by atoms with E-state index < -0.39 is 0 Å². The van der Waals surface area contributed by atoms with Gasteiger partial charge in [-0.05, 0) is 49.5 Å². The van der Waals surface area contributed by atoms with Crippen LogP contribution in [0.2, 0.25) is 0 Å². The molecule has 1 aromatic rings. The smallest absolute Gasteiger partial charge is 0.231 e. The van der Waals surface area contributed by atoms with Crippen LogP contribution in [-0.2, 0) is 6.54 Å². The fourth-order valence-corrected chi connectivity index (χ4v) is 3.24. The molecule has 3 rings (SSSR count). The molecule has 0 spiro atoms. The highest BCUT2D eigenvalue weighted by molar-refractivity contribution is 5.44. The second kappa shape index (κ2) is 6.67. The van der Waals surface area contributed by atoms with Gasteiger partial charge in [-0.1, -0.05) is 19.9 Å². The topological polar surface area (TPSA) is 33.7 Å². The summed E-state index contributed by atoms with van der Waals surface area (Å²) in [5.41, 5.74) is 1.31. The van der Waals surface area contributed by atoms with Crippen LogP contribution in [0.4, 0.5) is 0 Å². The van der Waals surface area contributed by atoms with Gasteiger partial charge in [-0.3, -0.25) is 4.90 Å². The minimum Gasteiger partial charge on any atom is -0.454 e. The third-order valence-electron chi connectivity index (χ3n) is 4.16. The van der Waals surface area contributed by atoms with Crippen LogP contribution in [0, 0.1) is 5.92 Å². The Kier molecular flexibility index (Phi) is 4.66. The lowest BCUT2D eigenvalue weighted by molar-refractivity contribution is 0.174. The second-order valence-electron chi connectivity index (χ2n) is 6.56. The highest BCUT2D eigenvalue weighted by Gasteiger charge is 2.20. The normalized spacial score (nSPS) is 22.5. The Morgan fingerprint density at radius 3 is 3.00 bits per heavy atom. The summed E-state index contributed by atoms with van der Waals surface area (Å²) in [6.45, 7) is 9.37. The van der Waals surface area contributed by atoms with E-state index in [0.29, 0.717) is 12.8 Å². The van der Waals surface area contributed by atoms with E-state index in [9.17, 15) is 0 Å². The van der Waals surface area contributed by atoms with Crippen molar-refractivity contribution < 1.29 is 9.47 Å². The molecular formula is C17H26N2O2. The zero-order chi connectivity index (χ0) is 14.7. The highest BCUT2D eigenvalue weighted by Crippen LogP contribution is 2.32. The molecule has 2 heterocycles. The summed E-state index contributed by atoms with van der Waals surface area (Å²) in [6.07, 6.45) is 2.47. The third-order valence-corrected chi connectivity index (χ3v) is 4.16. The monoisotopic (exact) mass is 290 g/mol. The van der Waals surface area contributed by atoms with Gasteiger partial charge in [0.25, 0.3) is 0 Å². The molecular weight excluding hydrogens is 264 g/mol. The highest BCUT2D eigenvalue weighted by atomic mass is 16.7. The van der Waals surface area contributed by atoms with Crippen LogP contribution in [0.25, 0.3) is 0 Å². The van der Waals surface area contributed by atoms with Crippen LogP contribution in [0.1, 0.15) is 32.3 Å². The fourth-order valence-electron chi connectivity index (χ4n) is 3.24. The molecule has 1 aromatic carbocycles. The Morgan fingerprint density at radius 1 is 1.29 bits per heavy atom. The molecule has 0 bridgehead atoms. The van der Waals surface area contributed by atoms with Gasteiger partial charge in [-0.25, -0.2) is 0 Å². The minimum absolute atomic E-state index is 0.350. The van der Waals surface area contributed by atoms with Crippen LogP contribution in [0.15, 0.2) is 18.2 Å². The molecule has 1 saturated heterocycles. The van der Waals surface area contributed by atoms with Crippen molar-refractivity contribution in [2.75, 3.05) is 26.4 Å². The molecule has 2 aliphatic heterocycles. The van der Waals surface area contributed by atoms with Gasteiger partial charge in [0.2, 0.25) is 6.79 Å². The van der Waals surface area contributed by atoms with Crippen molar-refractivity contribution in [1.29, 1.82) is 0 Å². The Balaban J connectivity index is 1.62. The van der Waals surface area contributed by atoms with Gasteiger partial charge in [0.05, 0.1) is 0 Å². The van der Waals surface area contributed by atoms with E-state index in [1.165, 1.54) is 18.4 Å². The number of fused-ring (bicyclic) bond motifs is 1. The van der Waals surface area contributed by atoms with Gasteiger partial charge in [0, 0.05) is 19.1 Å². The molecule has 0 amide bonds. The van der Waals surface area contributed by atoms with Crippen LogP contribution in [0.3, 0.4) is 0 Å². The lowest BCUT2D eigenvalue weighted by Crippen LogP contribution is -2.38. The largest absolute Gasteiger partial charge is 0.454 e. The van der Waals surface area contributed by atoms with Crippen molar-refractivity contribution in [3.63, 3.8) is 0 Å². The lowest BCUT2D eigenvalue weighted by atomic mass is 10.0. The van der Waals surface area contributed by atoms with E-state index in [4.69, 9.17) is 9.47 Å². The first-order valence-corrected chi connectivity index (χ1v) is 8.05. The summed E-state index contributed by atoms with van der Waals surface area (Å²) in [4.78, 5) is 2.56. The second-order valence-corrected chi connectivity index (χ2v) is 6.56. The number of nitrogens with zero attached hydrogens (tertiary/aromatic N) is 1. The average molecular weight is 290 g/mol. The van der Waals surface area contributed by atoms with Crippen molar-refractivity contribution in [3.8, 4) is 11.5 Å². The minimum atomic E-state index is 0.350. The first-order chi connectivity index (χ1) is 10.2. The predicted molar refractivity (Wildman–Crippen MR) is 83.7 cm³/mol. The molecule has 1 atom stereocenters. The Morgan fingerprint density at radius 2 is 2.14 bits per heavy atom. The molecule has 116 valence electrons. The average Bonchev–Trinajstić information content (AvgIpc) is 2.79. The van der Waals surface area contributed by atoms with Gasteiger partial charge >= 0.3 is 0 Å². The molecule has 2 aliphatic rings. The standard InChI is InChI=1S/C17H26N2O2/c1-13(2)8-15-11-19(7-3-6-18-15)10-14-4-5-16-17(9-14)21-12-20-16/h4-5,9,13,15,18H,3,6-8,10-12H2,1-2H3. The SMILES string of the molecule is CC(C)CC1CN(Cc2ccc3c(c2)OCO3)CCCN1. The summed E-state index contributed by atoms with van der Waals surface area (Å²) in [7, 11) is 0. The Hall–Kier alpha value is -1.26. The number of hydrogen-bond donors (Lipinski definition) is 1. The zero-order valence-electron chi connectivity index (χ0n) is 13.1. The summed E-state index contributed by atoms with van der Waals surface area (Å²) < 4.78 is 10.9. The lowest BCUT2D eigenvalue weighted by Gasteiger charge is -2.25. The Labute approximate surface area is 127 Å². The van der Waals surface area contributed by atoms with Crippen LogP contribution in [0.5, 0.6) is 11.5 Å². The van der Waals surface area contributed by atoms with Gasteiger partial charge in [0.1, 0.15) is 0 Å². The van der Waals surface area contributed by atoms with E-state index in [2.05, 4.69) is 36.2 Å². The van der Waals surface area contributed by atoms with Gasteiger partial charge in [0.15, 0.2) is 11.5 Å². The molecule has 0 radical (unpaired) electrons. The summed E-state index contributed by atoms with van der Waals surface area (Å²) in [5.74, 6) is 2.50. The first kappa shape index (κ1) is 14.7. The van der Waals surface area contributed by atoms with Crippen molar-refractivity contribution in [2.45, 2.75) is 39.3 Å². The molecule has 0 saturated carbocycles. The van der Waals surface area contributed by atoms with Crippen LogP contribution in [-0.4, -0.2) is 37.4 Å². The maximum absolute atomic E-state index is 5.47. The van der Waals surface area contributed by atoms with Gasteiger partial charge < -0.3 is 14.8 Å². The van der Waals surface area contributed by atoms with Crippen molar-refractivity contribution in [1.82, 2.24) is 10.2 Å².